The van der Waals surface area contributed by atoms with E-state index in [4.69, 9.17) is 4.74 Å². The molecule has 8 heteroatoms. The average molecular weight is 362 g/mol. The van der Waals surface area contributed by atoms with Crippen molar-refractivity contribution in [2.45, 2.75) is 17.7 Å². The van der Waals surface area contributed by atoms with E-state index in [2.05, 4.69) is 5.32 Å². The third kappa shape index (κ3) is 2.72. The third-order valence-electron chi connectivity index (χ3n) is 4.29. The summed E-state index contributed by atoms with van der Waals surface area (Å²) in [5.41, 5.74) is 1.49. The minimum Gasteiger partial charge on any atom is -0.482 e. The Bertz CT molecular complexity index is 975. The number of amides is 1. The van der Waals surface area contributed by atoms with E-state index in [0.29, 0.717) is 42.1 Å². The number of nitrogens with one attached hydrogen (secondary N) is 1. The molecule has 2 aromatic rings. The summed E-state index contributed by atoms with van der Waals surface area (Å²) < 4.78 is 46.2. The lowest BCUT2D eigenvalue weighted by atomic mass is 10.0. The number of carbonyl (C=O) groups excluding carboxylic acids is 1. The Morgan fingerprint density at radius 3 is 2.84 bits per heavy atom. The van der Waals surface area contributed by atoms with E-state index in [1.807, 2.05) is 0 Å². The first kappa shape index (κ1) is 15.9. The van der Waals surface area contributed by atoms with Crippen molar-refractivity contribution in [3.8, 4) is 5.75 Å². The Morgan fingerprint density at radius 2 is 2.00 bits per heavy atom. The molecular formula is C17H15FN2O4S. The molecule has 25 heavy (non-hydrogen) atoms. The number of aryl methyl sites for hydroxylation is 1. The van der Waals surface area contributed by atoms with Crippen LogP contribution >= 0.6 is 0 Å². The van der Waals surface area contributed by atoms with Crippen LogP contribution in [0, 0.1) is 5.82 Å². The Labute approximate surface area is 144 Å². The van der Waals surface area contributed by atoms with E-state index in [9.17, 15) is 17.6 Å². The van der Waals surface area contributed by atoms with Crippen LogP contribution in [-0.2, 0) is 21.2 Å². The van der Waals surface area contributed by atoms with Gasteiger partial charge in [-0.15, -0.1) is 0 Å². The van der Waals surface area contributed by atoms with Crippen molar-refractivity contribution in [2.24, 2.45) is 0 Å². The van der Waals surface area contributed by atoms with Crippen molar-refractivity contribution >= 4 is 27.3 Å². The summed E-state index contributed by atoms with van der Waals surface area (Å²) in [6, 6.07) is 8.48. The van der Waals surface area contributed by atoms with E-state index < -0.39 is 10.0 Å². The number of anilines is 2. The number of nitrogens with zero attached hydrogens (tertiary/aromatic N) is 1. The van der Waals surface area contributed by atoms with Gasteiger partial charge in [0.05, 0.1) is 16.3 Å². The van der Waals surface area contributed by atoms with Gasteiger partial charge in [-0.25, -0.2) is 12.8 Å². The van der Waals surface area contributed by atoms with Gasteiger partial charge in [-0.3, -0.25) is 9.10 Å². The van der Waals surface area contributed by atoms with Crippen LogP contribution in [0.5, 0.6) is 5.75 Å². The average Bonchev–Trinajstić information content (AvgIpc) is 2.60. The van der Waals surface area contributed by atoms with Crippen LogP contribution in [0.1, 0.15) is 12.0 Å². The summed E-state index contributed by atoms with van der Waals surface area (Å²) in [5, 5.41) is 2.61. The number of hydrogen-bond donors (Lipinski definition) is 1. The van der Waals surface area contributed by atoms with Crippen LogP contribution in [0.25, 0.3) is 0 Å². The molecule has 6 nitrogen and oxygen atoms in total. The topological polar surface area (TPSA) is 75.7 Å². The maximum absolute atomic E-state index is 13.4. The van der Waals surface area contributed by atoms with Crippen molar-refractivity contribution < 1.29 is 22.3 Å². The molecular weight excluding hydrogens is 347 g/mol. The molecule has 0 saturated carbocycles. The van der Waals surface area contributed by atoms with Gasteiger partial charge in [0.2, 0.25) is 0 Å². The summed E-state index contributed by atoms with van der Waals surface area (Å²) in [6.45, 7) is 0.227. The van der Waals surface area contributed by atoms with Crippen LogP contribution in [0.2, 0.25) is 0 Å². The second-order valence-corrected chi connectivity index (χ2v) is 7.81. The highest BCUT2D eigenvalue weighted by molar-refractivity contribution is 7.92. The monoisotopic (exact) mass is 362 g/mol. The van der Waals surface area contributed by atoms with Gasteiger partial charge in [-0.05, 0) is 54.8 Å². The molecule has 1 N–H and O–H groups in total. The van der Waals surface area contributed by atoms with E-state index in [1.54, 1.807) is 0 Å². The fraction of sp³-hybridized carbons (Fsp3) is 0.235. The lowest BCUT2D eigenvalue weighted by molar-refractivity contribution is -0.118. The number of ether oxygens (including phenoxy) is 1. The number of halogens is 1. The molecule has 0 fully saturated rings. The molecule has 130 valence electrons. The van der Waals surface area contributed by atoms with Gasteiger partial charge in [0.25, 0.3) is 15.9 Å². The van der Waals surface area contributed by atoms with Crippen LogP contribution in [0.4, 0.5) is 15.8 Å². The summed E-state index contributed by atoms with van der Waals surface area (Å²) >= 11 is 0. The molecule has 0 spiro atoms. The predicted octanol–water partition coefficient (Wildman–Crippen LogP) is 2.30. The highest BCUT2D eigenvalue weighted by Crippen LogP contribution is 2.35. The minimum absolute atomic E-state index is 0.0502. The van der Waals surface area contributed by atoms with Crippen molar-refractivity contribution in [1.82, 2.24) is 0 Å². The van der Waals surface area contributed by atoms with Gasteiger partial charge in [-0.2, -0.15) is 0 Å². The maximum Gasteiger partial charge on any atom is 0.264 e. The standard InChI is InChI=1S/C17H15FN2O4S/c18-12-3-5-15-11(8-12)2-1-7-20(15)25(22,23)13-4-6-16-14(9-13)19-17(21)10-24-16/h3-6,8-9H,1-2,7,10H2,(H,19,21). The van der Waals surface area contributed by atoms with Crippen LogP contribution < -0.4 is 14.4 Å². The molecule has 0 radical (unpaired) electrons. The number of benzene rings is 2. The number of rotatable bonds is 2. The molecule has 2 aromatic carbocycles. The summed E-state index contributed by atoms with van der Waals surface area (Å²) in [6.07, 6.45) is 1.24. The molecule has 0 saturated heterocycles. The zero-order valence-electron chi connectivity index (χ0n) is 13.2. The van der Waals surface area contributed by atoms with Crippen LogP contribution in [0.3, 0.4) is 0 Å². The van der Waals surface area contributed by atoms with Gasteiger partial charge in [0.1, 0.15) is 11.6 Å². The van der Waals surface area contributed by atoms with E-state index >= 15 is 0 Å². The zero-order valence-corrected chi connectivity index (χ0v) is 14.0. The third-order valence-corrected chi connectivity index (χ3v) is 6.10. The summed E-state index contributed by atoms with van der Waals surface area (Å²) in [5.74, 6) is -0.285. The second-order valence-electron chi connectivity index (χ2n) is 5.95. The number of fused-ring (bicyclic) bond motifs is 2. The predicted molar refractivity (Wildman–Crippen MR) is 89.8 cm³/mol. The van der Waals surface area contributed by atoms with Crippen molar-refractivity contribution in [3.05, 3.63) is 47.8 Å². The van der Waals surface area contributed by atoms with E-state index in [1.165, 1.54) is 40.7 Å². The van der Waals surface area contributed by atoms with Crippen molar-refractivity contribution in [2.75, 3.05) is 22.8 Å². The number of carbonyl (C=O) groups is 1. The quantitative estimate of drug-likeness (QED) is 0.889. The smallest absolute Gasteiger partial charge is 0.264 e. The molecule has 0 aromatic heterocycles. The largest absolute Gasteiger partial charge is 0.482 e. The molecule has 2 aliphatic heterocycles. The summed E-state index contributed by atoms with van der Waals surface area (Å²) in [7, 11) is -3.84. The summed E-state index contributed by atoms with van der Waals surface area (Å²) in [4.78, 5) is 11.5. The molecule has 1 amide bonds. The minimum atomic E-state index is -3.84. The highest BCUT2D eigenvalue weighted by Gasteiger charge is 2.30. The first-order valence-electron chi connectivity index (χ1n) is 7.83. The molecule has 0 atom stereocenters. The molecule has 0 unspecified atom stereocenters. The van der Waals surface area contributed by atoms with Crippen molar-refractivity contribution in [3.63, 3.8) is 0 Å². The first-order valence-corrected chi connectivity index (χ1v) is 9.27. The van der Waals surface area contributed by atoms with Crippen molar-refractivity contribution in [1.29, 1.82) is 0 Å². The molecule has 2 heterocycles. The fourth-order valence-corrected chi connectivity index (χ4v) is 4.70. The van der Waals surface area contributed by atoms with E-state index in [0.717, 1.165) is 0 Å². The molecule has 4 rings (SSSR count). The normalized spacial score (nSPS) is 16.5. The fourth-order valence-electron chi connectivity index (χ4n) is 3.13. The van der Waals surface area contributed by atoms with Gasteiger partial charge < -0.3 is 10.1 Å². The SMILES string of the molecule is O=C1COc2ccc(S(=O)(=O)N3CCCc4cc(F)ccc43)cc2N1. The van der Waals surface area contributed by atoms with Crippen LogP contribution in [0.15, 0.2) is 41.3 Å². The van der Waals surface area contributed by atoms with Gasteiger partial charge in [0, 0.05) is 6.54 Å². The Hall–Kier alpha value is -2.61. The maximum atomic E-state index is 13.4. The van der Waals surface area contributed by atoms with E-state index in [-0.39, 0.29) is 23.2 Å². The van der Waals surface area contributed by atoms with Gasteiger partial charge in [-0.1, -0.05) is 0 Å². The Balaban J connectivity index is 1.76. The van der Waals surface area contributed by atoms with Gasteiger partial charge >= 0.3 is 0 Å². The first-order chi connectivity index (χ1) is 11.9. The van der Waals surface area contributed by atoms with Crippen LogP contribution in [-0.4, -0.2) is 27.5 Å². The highest BCUT2D eigenvalue weighted by atomic mass is 32.2. The molecule has 0 bridgehead atoms. The lowest BCUT2D eigenvalue weighted by Gasteiger charge is -2.31. The Kier molecular flexibility index (Phi) is 3.64. The molecule has 0 aliphatic carbocycles. The number of hydrogen-bond acceptors (Lipinski definition) is 4. The second kappa shape index (κ2) is 5.73. The number of sulfonamides is 1. The Morgan fingerprint density at radius 1 is 1.16 bits per heavy atom. The zero-order chi connectivity index (χ0) is 17.6. The molecule has 2 aliphatic rings. The lowest BCUT2D eigenvalue weighted by Crippen LogP contribution is -2.35. The van der Waals surface area contributed by atoms with Gasteiger partial charge in [0.15, 0.2) is 6.61 Å².